The highest BCUT2D eigenvalue weighted by atomic mass is 14.4. The minimum atomic E-state index is -0.0755. The topological polar surface area (TPSA) is 0 Å². The number of aryl methyl sites for hydroxylation is 1. The monoisotopic (exact) mass is 368 g/mol. The summed E-state index contributed by atoms with van der Waals surface area (Å²) in [6.45, 7) is 16.6. The molecule has 3 aromatic carbocycles. The first-order valence-electron chi connectivity index (χ1n) is 10.4. The molecular formula is C28H32. The van der Waals surface area contributed by atoms with Gasteiger partial charge in [-0.3, -0.25) is 0 Å². The molecule has 144 valence electrons. The van der Waals surface area contributed by atoms with Crippen LogP contribution in [0, 0.1) is 6.92 Å². The summed E-state index contributed by atoms with van der Waals surface area (Å²) in [4.78, 5) is 0. The van der Waals surface area contributed by atoms with Gasteiger partial charge in [0.15, 0.2) is 0 Å². The maximum absolute atomic E-state index is 2.40. The molecule has 1 aliphatic carbocycles. The number of hydrogen-bond acceptors (Lipinski definition) is 0. The van der Waals surface area contributed by atoms with Crippen LogP contribution in [0.25, 0.3) is 0 Å². The zero-order valence-corrected chi connectivity index (χ0v) is 18.4. The van der Waals surface area contributed by atoms with Gasteiger partial charge < -0.3 is 0 Å². The van der Waals surface area contributed by atoms with E-state index < -0.39 is 0 Å². The van der Waals surface area contributed by atoms with Gasteiger partial charge in [-0.1, -0.05) is 108 Å². The van der Waals surface area contributed by atoms with Crippen molar-refractivity contribution in [3.63, 3.8) is 0 Å². The average molecular weight is 369 g/mol. The van der Waals surface area contributed by atoms with Gasteiger partial charge in [0.05, 0.1) is 0 Å². The molecule has 0 nitrogen and oxygen atoms in total. The molecule has 0 atom stereocenters. The maximum atomic E-state index is 2.40. The molecule has 0 aromatic heterocycles. The first-order chi connectivity index (χ1) is 13.1. The van der Waals surface area contributed by atoms with Crippen molar-refractivity contribution in [3.05, 3.63) is 106 Å². The van der Waals surface area contributed by atoms with E-state index in [1.165, 1.54) is 38.9 Å². The van der Waals surface area contributed by atoms with E-state index in [1.807, 2.05) is 0 Å². The minimum Gasteiger partial charge on any atom is -0.0619 e. The smallest absolute Gasteiger partial charge is 0.0155 e. The van der Waals surface area contributed by atoms with E-state index in [0.717, 1.165) is 0 Å². The second-order valence-corrected chi connectivity index (χ2v) is 9.96. The summed E-state index contributed by atoms with van der Waals surface area (Å²) in [5.41, 5.74) is 9.79. The Kier molecular flexibility index (Phi) is 4.12. The quantitative estimate of drug-likeness (QED) is 0.391. The third-order valence-electron chi connectivity index (χ3n) is 7.12. The van der Waals surface area contributed by atoms with Crippen LogP contribution in [0.5, 0.6) is 0 Å². The van der Waals surface area contributed by atoms with E-state index in [1.54, 1.807) is 0 Å². The molecule has 0 radical (unpaired) electrons. The Balaban J connectivity index is 2.26. The predicted octanol–water partition coefficient (Wildman–Crippen LogP) is 7.29. The zero-order chi connectivity index (χ0) is 20.3. The van der Waals surface area contributed by atoms with Gasteiger partial charge in [0.2, 0.25) is 0 Å². The fourth-order valence-corrected chi connectivity index (χ4v) is 5.59. The van der Waals surface area contributed by atoms with Crippen molar-refractivity contribution in [2.24, 2.45) is 0 Å². The standard InChI is InChI=1S/C28H32/c1-19-13-12-18-24-25(19)28(6,7)23-17-11-10-16-22(23)26(2,3)20-14-8-9-15-21(20)27(24,4)5/h8-18H,1-7H3. The molecule has 0 saturated carbocycles. The highest BCUT2D eigenvalue weighted by molar-refractivity contribution is 5.60. The fraction of sp³-hybridized carbons (Fsp3) is 0.357. The van der Waals surface area contributed by atoms with E-state index in [2.05, 4.69) is 115 Å². The predicted molar refractivity (Wildman–Crippen MR) is 120 cm³/mol. The summed E-state index contributed by atoms with van der Waals surface area (Å²) < 4.78 is 0. The van der Waals surface area contributed by atoms with Crippen LogP contribution in [0.3, 0.4) is 0 Å². The Morgan fingerprint density at radius 1 is 0.429 bits per heavy atom. The molecule has 28 heavy (non-hydrogen) atoms. The van der Waals surface area contributed by atoms with Crippen LogP contribution in [0.4, 0.5) is 0 Å². The van der Waals surface area contributed by atoms with Gasteiger partial charge in [-0.05, 0) is 45.9 Å². The van der Waals surface area contributed by atoms with Gasteiger partial charge in [-0.15, -0.1) is 0 Å². The molecule has 0 heterocycles. The summed E-state index contributed by atoms with van der Waals surface area (Å²) in [5, 5.41) is 0. The summed E-state index contributed by atoms with van der Waals surface area (Å²) in [6.07, 6.45) is 0. The van der Waals surface area contributed by atoms with Crippen LogP contribution in [-0.2, 0) is 16.2 Å². The average Bonchev–Trinajstić information content (AvgIpc) is 2.68. The second kappa shape index (κ2) is 6.08. The lowest BCUT2D eigenvalue weighted by Crippen LogP contribution is -2.29. The van der Waals surface area contributed by atoms with Crippen molar-refractivity contribution in [2.45, 2.75) is 64.7 Å². The molecule has 0 aliphatic heterocycles. The summed E-state index contributed by atoms with van der Waals surface area (Å²) in [5.74, 6) is 0. The summed E-state index contributed by atoms with van der Waals surface area (Å²) in [6, 6.07) is 25.0. The van der Waals surface area contributed by atoms with Gasteiger partial charge in [0.25, 0.3) is 0 Å². The molecule has 0 heteroatoms. The van der Waals surface area contributed by atoms with E-state index in [-0.39, 0.29) is 16.2 Å². The lowest BCUT2D eigenvalue weighted by molar-refractivity contribution is 0.576. The lowest BCUT2D eigenvalue weighted by Gasteiger charge is -2.36. The van der Waals surface area contributed by atoms with Crippen LogP contribution in [0.15, 0.2) is 66.7 Å². The van der Waals surface area contributed by atoms with Crippen LogP contribution < -0.4 is 0 Å². The SMILES string of the molecule is Cc1cccc2c1C(C)(C)c1ccccc1C(C)(C)c1ccccc1C2(C)C. The first kappa shape index (κ1) is 19.0. The van der Waals surface area contributed by atoms with Gasteiger partial charge in [-0.25, -0.2) is 0 Å². The molecule has 0 amide bonds. The largest absolute Gasteiger partial charge is 0.0619 e. The number of hydrogen-bond donors (Lipinski definition) is 0. The summed E-state index contributed by atoms with van der Waals surface area (Å²) in [7, 11) is 0. The molecule has 0 spiro atoms. The van der Waals surface area contributed by atoms with Crippen LogP contribution in [-0.4, -0.2) is 0 Å². The lowest BCUT2D eigenvalue weighted by atomic mass is 9.67. The van der Waals surface area contributed by atoms with Crippen molar-refractivity contribution in [3.8, 4) is 0 Å². The fourth-order valence-electron chi connectivity index (χ4n) is 5.59. The minimum absolute atomic E-state index is 0.0718. The van der Waals surface area contributed by atoms with Crippen molar-refractivity contribution >= 4 is 0 Å². The first-order valence-corrected chi connectivity index (χ1v) is 10.4. The van der Waals surface area contributed by atoms with Crippen LogP contribution in [0.1, 0.15) is 80.5 Å². The molecule has 1 aliphatic rings. The Bertz CT molecular complexity index is 1040. The Morgan fingerprint density at radius 3 is 1.25 bits per heavy atom. The molecule has 0 bridgehead atoms. The van der Waals surface area contributed by atoms with E-state index in [4.69, 9.17) is 0 Å². The molecule has 4 rings (SSSR count). The Hall–Kier alpha value is -2.34. The van der Waals surface area contributed by atoms with E-state index in [9.17, 15) is 0 Å². The van der Waals surface area contributed by atoms with Crippen LogP contribution in [0.2, 0.25) is 0 Å². The molecule has 3 aromatic rings. The van der Waals surface area contributed by atoms with Gasteiger partial charge >= 0.3 is 0 Å². The van der Waals surface area contributed by atoms with Crippen molar-refractivity contribution in [1.82, 2.24) is 0 Å². The van der Waals surface area contributed by atoms with Gasteiger partial charge in [0, 0.05) is 16.2 Å². The van der Waals surface area contributed by atoms with Crippen molar-refractivity contribution in [2.75, 3.05) is 0 Å². The Morgan fingerprint density at radius 2 is 0.786 bits per heavy atom. The Labute approximate surface area is 170 Å². The second-order valence-electron chi connectivity index (χ2n) is 9.96. The van der Waals surface area contributed by atoms with Crippen LogP contribution >= 0.6 is 0 Å². The highest BCUT2D eigenvalue weighted by Crippen LogP contribution is 2.50. The zero-order valence-electron chi connectivity index (χ0n) is 18.4. The molecule has 0 N–H and O–H groups in total. The van der Waals surface area contributed by atoms with E-state index >= 15 is 0 Å². The van der Waals surface area contributed by atoms with E-state index in [0.29, 0.717) is 0 Å². The molecule has 0 fully saturated rings. The maximum Gasteiger partial charge on any atom is 0.0155 e. The number of benzene rings is 3. The van der Waals surface area contributed by atoms with Crippen molar-refractivity contribution in [1.29, 1.82) is 0 Å². The molecular weight excluding hydrogens is 336 g/mol. The van der Waals surface area contributed by atoms with Gasteiger partial charge in [0.1, 0.15) is 0 Å². The summed E-state index contributed by atoms with van der Waals surface area (Å²) >= 11 is 0. The molecule has 0 saturated heterocycles. The van der Waals surface area contributed by atoms with Gasteiger partial charge in [-0.2, -0.15) is 0 Å². The number of fused-ring (bicyclic) bond motifs is 3. The molecule has 0 unspecified atom stereocenters. The normalized spacial score (nSPS) is 18.7. The van der Waals surface area contributed by atoms with Crippen molar-refractivity contribution < 1.29 is 0 Å². The number of rotatable bonds is 0. The third kappa shape index (κ3) is 2.50. The third-order valence-corrected chi connectivity index (χ3v) is 7.12. The highest BCUT2D eigenvalue weighted by Gasteiger charge is 2.42.